The van der Waals surface area contributed by atoms with Crippen molar-refractivity contribution < 1.29 is 18.6 Å². The Morgan fingerprint density at radius 2 is 2.13 bits per heavy atom. The highest BCUT2D eigenvalue weighted by Gasteiger charge is 2.18. The molecule has 0 saturated carbocycles. The maximum atomic E-state index is 12.2. The highest BCUT2D eigenvalue weighted by Crippen LogP contribution is 2.30. The van der Waals surface area contributed by atoms with Crippen molar-refractivity contribution in [3.05, 3.63) is 23.8 Å². The zero-order valence-corrected chi connectivity index (χ0v) is 8.28. The molecule has 1 atom stereocenters. The van der Waals surface area contributed by atoms with E-state index in [0.717, 1.165) is 0 Å². The third kappa shape index (κ3) is 2.79. The van der Waals surface area contributed by atoms with Crippen LogP contribution < -0.4 is 10.5 Å². The van der Waals surface area contributed by atoms with E-state index < -0.39 is 12.5 Å². The minimum atomic E-state index is -2.60. The number of nitrogens with two attached hydrogens (primary N) is 1. The molecule has 3 nitrogen and oxygen atoms in total. The Hall–Kier alpha value is -1.36. The van der Waals surface area contributed by atoms with Crippen LogP contribution in [0.1, 0.15) is 5.56 Å². The van der Waals surface area contributed by atoms with Gasteiger partial charge in [-0.15, -0.1) is 0 Å². The van der Waals surface area contributed by atoms with E-state index in [4.69, 9.17) is 10.5 Å². The highest BCUT2D eigenvalue weighted by molar-refractivity contribution is 5.45. The second-order valence-corrected chi connectivity index (χ2v) is 3.17. The van der Waals surface area contributed by atoms with E-state index in [-0.39, 0.29) is 17.9 Å². The van der Waals surface area contributed by atoms with E-state index in [1.165, 1.54) is 7.11 Å². The standard InChI is InChI=1S/C10H13F2NO2/c1-15-8-4-2-3-6(9(8)14)5-7(13)10(11)12/h2-4,7,10,14H,5,13H2,1H3. The van der Waals surface area contributed by atoms with E-state index in [1.54, 1.807) is 18.2 Å². The first-order valence-corrected chi connectivity index (χ1v) is 4.44. The number of methoxy groups -OCH3 is 1. The summed E-state index contributed by atoms with van der Waals surface area (Å²) in [6, 6.07) is 3.43. The minimum Gasteiger partial charge on any atom is -0.504 e. The Morgan fingerprint density at radius 3 is 2.67 bits per heavy atom. The zero-order chi connectivity index (χ0) is 11.4. The molecule has 0 spiro atoms. The van der Waals surface area contributed by atoms with Crippen molar-refractivity contribution in [3.63, 3.8) is 0 Å². The maximum absolute atomic E-state index is 12.2. The summed E-state index contributed by atoms with van der Waals surface area (Å²) in [5.41, 5.74) is 5.57. The topological polar surface area (TPSA) is 55.5 Å². The summed E-state index contributed by atoms with van der Waals surface area (Å²) in [6.07, 6.45) is -2.68. The van der Waals surface area contributed by atoms with Gasteiger partial charge in [0.1, 0.15) is 0 Å². The van der Waals surface area contributed by atoms with Crippen LogP contribution in [0.5, 0.6) is 11.5 Å². The molecule has 0 bridgehead atoms. The third-order valence-electron chi connectivity index (χ3n) is 2.08. The number of para-hydroxylation sites is 1. The molecule has 0 aliphatic carbocycles. The molecule has 5 heteroatoms. The molecule has 0 aliphatic heterocycles. The van der Waals surface area contributed by atoms with Crippen molar-refractivity contribution in [1.82, 2.24) is 0 Å². The molecule has 3 N–H and O–H groups in total. The lowest BCUT2D eigenvalue weighted by Crippen LogP contribution is -2.30. The van der Waals surface area contributed by atoms with Gasteiger partial charge >= 0.3 is 0 Å². The van der Waals surface area contributed by atoms with Gasteiger partial charge in [0.15, 0.2) is 11.5 Å². The average molecular weight is 217 g/mol. The fraction of sp³-hybridized carbons (Fsp3) is 0.400. The third-order valence-corrected chi connectivity index (χ3v) is 2.08. The minimum absolute atomic E-state index is 0.0826. The van der Waals surface area contributed by atoms with Crippen LogP contribution in [0.25, 0.3) is 0 Å². The normalized spacial score (nSPS) is 12.9. The number of hydrogen-bond acceptors (Lipinski definition) is 3. The van der Waals surface area contributed by atoms with Crippen molar-refractivity contribution in [2.24, 2.45) is 5.73 Å². The SMILES string of the molecule is COc1cccc(CC(N)C(F)F)c1O. The largest absolute Gasteiger partial charge is 0.504 e. The molecule has 0 amide bonds. The second kappa shape index (κ2) is 4.93. The lowest BCUT2D eigenvalue weighted by molar-refractivity contribution is 0.115. The predicted octanol–water partition coefficient (Wildman–Crippen LogP) is 1.54. The molecule has 15 heavy (non-hydrogen) atoms. The Morgan fingerprint density at radius 1 is 1.47 bits per heavy atom. The van der Waals surface area contributed by atoms with Crippen LogP contribution in [-0.2, 0) is 6.42 Å². The first-order valence-electron chi connectivity index (χ1n) is 4.44. The van der Waals surface area contributed by atoms with Gasteiger partial charge in [0, 0.05) is 0 Å². The molecule has 84 valence electrons. The smallest absolute Gasteiger partial charge is 0.253 e. The number of ether oxygens (including phenoxy) is 1. The second-order valence-electron chi connectivity index (χ2n) is 3.17. The molecule has 0 heterocycles. The molecular weight excluding hydrogens is 204 g/mol. The number of alkyl halides is 2. The van der Waals surface area contributed by atoms with E-state index in [1.807, 2.05) is 0 Å². The number of phenols is 1. The maximum Gasteiger partial charge on any atom is 0.253 e. The van der Waals surface area contributed by atoms with E-state index in [0.29, 0.717) is 5.56 Å². The van der Waals surface area contributed by atoms with Gasteiger partial charge in [0.2, 0.25) is 0 Å². The molecule has 0 fully saturated rings. The number of rotatable bonds is 4. The molecule has 0 radical (unpaired) electrons. The molecule has 0 aliphatic rings. The van der Waals surface area contributed by atoms with Crippen LogP contribution in [0.4, 0.5) is 8.78 Å². The van der Waals surface area contributed by atoms with Gasteiger partial charge in [-0.3, -0.25) is 0 Å². The van der Waals surface area contributed by atoms with E-state index >= 15 is 0 Å². The van der Waals surface area contributed by atoms with E-state index in [2.05, 4.69) is 0 Å². The van der Waals surface area contributed by atoms with Crippen molar-refractivity contribution in [1.29, 1.82) is 0 Å². The molecular formula is C10H13F2NO2. The van der Waals surface area contributed by atoms with Crippen molar-refractivity contribution in [2.75, 3.05) is 7.11 Å². The first-order chi connectivity index (χ1) is 7.06. The lowest BCUT2D eigenvalue weighted by atomic mass is 10.1. The van der Waals surface area contributed by atoms with Crippen LogP contribution in [0, 0.1) is 0 Å². The lowest BCUT2D eigenvalue weighted by Gasteiger charge is -2.13. The summed E-state index contributed by atoms with van der Waals surface area (Å²) in [5, 5.41) is 9.59. The summed E-state index contributed by atoms with van der Waals surface area (Å²) >= 11 is 0. The molecule has 0 aromatic heterocycles. The number of halogens is 2. The number of hydrogen-bond donors (Lipinski definition) is 2. The van der Waals surface area contributed by atoms with Gasteiger partial charge in [0.05, 0.1) is 13.2 Å². The summed E-state index contributed by atoms with van der Waals surface area (Å²) in [7, 11) is 1.39. The zero-order valence-electron chi connectivity index (χ0n) is 8.28. The monoisotopic (exact) mass is 217 g/mol. The van der Waals surface area contributed by atoms with Gasteiger partial charge in [-0.05, 0) is 18.1 Å². The number of benzene rings is 1. The van der Waals surface area contributed by atoms with Crippen LogP contribution in [0.15, 0.2) is 18.2 Å². The van der Waals surface area contributed by atoms with Crippen molar-refractivity contribution >= 4 is 0 Å². The number of aromatic hydroxyl groups is 1. The summed E-state index contributed by atoms with van der Waals surface area (Å²) in [6.45, 7) is 0. The van der Waals surface area contributed by atoms with Gasteiger partial charge in [-0.25, -0.2) is 8.78 Å². The fourth-order valence-corrected chi connectivity index (χ4v) is 1.24. The Bertz CT molecular complexity index is 331. The number of phenolic OH excluding ortho intramolecular Hbond substituents is 1. The summed E-state index contributed by atoms with van der Waals surface area (Å²) in [5.74, 6) is 0.130. The quantitative estimate of drug-likeness (QED) is 0.804. The van der Waals surface area contributed by atoms with Crippen LogP contribution >= 0.6 is 0 Å². The van der Waals surface area contributed by atoms with Gasteiger partial charge in [0.25, 0.3) is 6.43 Å². The van der Waals surface area contributed by atoms with Gasteiger partial charge < -0.3 is 15.6 Å². The highest BCUT2D eigenvalue weighted by atomic mass is 19.3. The van der Waals surface area contributed by atoms with Crippen LogP contribution in [0.2, 0.25) is 0 Å². The Kier molecular flexibility index (Phi) is 3.85. The first kappa shape index (κ1) is 11.7. The Labute approximate surface area is 86.5 Å². The molecule has 0 saturated heterocycles. The van der Waals surface area contributed by atoms with E-state index in [9.17, 15) is 13.9 Å². The van der Waals surface area contributed by atoms with Gasteiger partial charge in [-0.2, -0.15) is 0 Å². The molecule has 1 unspecified atom stereocenters. The summed E-state index contributed by atoms with van der Waals surface area (Å²) < 4.78 is 29.2. The average Bonchev–Trinajstić information content (AvgIpc) is 2.21. The van der Waals surface area contributed by atoms with Crippen molar-refractivity contribution in [2.45, 2.75) is 18.9 Å². The predicted molar refractivity (Wildman–Crippen MR) is 52.3 cm³/mol. The fourth-order valence-electron chi connectivity index (χ4n) is 1.24. The van der Waals surface area contributed by atoms with Crippen molar-refractivity contribution in [3.8, 4) is 11.5 Å². The van der Waals surface area contributed by atoms with Gasteiger partial charge in [-0.1, -0.05) is 12.1 Å². The molecule has 1 rings (SSSR count). The van der Waals surface area contributed by atoms with Crippen LogP contribution in [0.3, 0.4) is 0 Å². The summed E-state index contributed by atoms with van der Waals surface area (Å²) in [4.78, 5) is 0. The molecule has 1 aromatic rings. The molecule has 1 aromatic carbocycles. The Balaban J connectivity index is 2.86. The van der Waals surface area contributed by atoms with Crippen LogP contribution in [-0.4, -0.2) is 24.7 Å².